The molecule has 0 aromatic rings. The molecule has 0 aromatic heterocycles. The SMILES string of the molecule is C=C(C)C(=O)OCCC([NH3+])(CC)CC.COS(=O)(=O)[O-]. The van der Waals surface area contributed by atoms with Gasteiger partial charge >= 0.3 is 5.97 Å². The maximum atomic E-state index is 11.1. The van der Waals surface area contributed by atoms with Crippen LogP contribution < -0.4 is 5.73 Å². The maximum absolute atomic E-state index is 11.1. The highest BCUT2D eigenvalue weighted by Crippen LogP contribution is 2.13. The summed E-state index contributed by atoms with van der Waals surface area (Å²) in [6.07, 6.45) is 2.83. The van der Waals surface area contributed by atoms with Crippen LogP contribution in [0, 0.1) is 0 Å². The topological polar surface area (TPSA) is 120 Å². The van der Waals surface area contributed by atoms with Gasteiger partial charge in [-0.25, -0.2) is 13.2 Å². The normalized spacial score (nSPS) is 11.3. The number of hydrogen-bond acceptors (Lipinski definition) is 6. The summed E-state index contributed by atoms with van der Waals surface area (Å²) in [4.78, 5) is 11.1. The lowest BCUT2D eigenvalue weighted by molar-refractivity contribution is -0.482. The summed E-state index contributed by atoms with van der Waals surface area (Å²) in [6, 6.07) is 0. The highest BCUT2D eigenvalue weighted by molar-refractivity contribution is 7.80. The molecule has 0 amide bonds. The van der Waals surface area contributed by atoms with Crippen LogP contribution in [0.25, 0.3) is 0 Å². The molecule has 0 saturated heterocycles. The van der Waals surface area contributed by atoms with Crippen LogP contribution in [-0.4, -0.2) is 38.2 Å². The molecule has 20 heavy (non-hydrogen) atoms. The van der Waals surface area contributed by atoms with Crippen LogP contribution in [0.4, 0.5) is 0 Å². The van der Waals surface area contributed by atoms with E-state index >= 15 is 0 Å². The van der Waals surface area contributed by atoms with Crippen LogP contribution in [0.15, 0.2) is 12.2 Å². The fourth-order valence-electron chi connectivity index (χ4n) is 1.09. The van der Waals surface area contributed by atoms with Crippen LogP contribution in [0.2, 0.25) is 0 Å². The average Bonchev–Trinajstić information content (AvgIpc) is 2.38. The molecule has 0 aliphatic heterocycles. The van der Waals surface area contributed by atoms with E-state index in [9.17, 15) is 17.8 Å². The summed E-state index contributed by atoms with van der Waals surface area (Å²) in [7, 11) is -3.60. The Labute approximate surface area is 121 Å². The molecule has 0 spiro atoms. The van der Waals surface area contributed by atoms with Crippen molar-refractivity contribution in [3.63, 3.8) is 0 Å². The Morgan fingerprint density at radius 2 is 1.75 bits per heavy atom. The van der Waals surface area contributed by atoms with Crippen LogP contribution >= 0.6 is 0 Å². The molecule has 8 heteroatoms. The molecule has 0 aliphatic carbocycles. The van der Waals surface area contributed by atoms with Gasteiger partial charge in [0.1, 0.15) is 0 Å². The standard InChI is InChI=1S/C11H21NO2.CH4O4S/c1-5-11(12,6-2)7-8-14-10(13)9(3)4;1-5-6(2,3)4/h3,5-8,12H2,1-2,4H3;1H3,(H,2,3,4). The van der Waals surface area contributed by atoms with Crippen molar-refractivity contribution in [1.82, 2.24) is 0 Å². The van der Waals surface area contributed by atoms with Gasteiger partial charge in [-0.3, -0.25) is 4.18 Å². The van der Waals surface area contributed by atoms with E-state index in [0.29, 0.717) is 12.2 Å². The molecule has 7 nitrogen and oxygen atoms in total. The maximum Gasteiger partial charge on any atom is 0.333 e. The lowest BCUT2D eigenvalue weighted by atomic mass is 9.91. The largest absolute Gasteiger partial charge is 0.726 e. The summed E-state index contributed by atoms with van der Waals surface area (Å²) >= 11 is 0. The summed E-state index contributed by atoms with van der Waals surface area (Å²) in [6.45, 7) is 9.83. The van der Waals surface area contributed by atoms with Crippen molar-refractivity contribution in [2.75, 3.05) is 13.7 Å². The minimum Gasteiger partial charge on any atom is -0.726 e. The van der Waals surface area contributed by atoms with E-state index in [4.69, 9.17) is 4.74 Å². The van der Waals surface area contributed by atoms with Gasteiger partial charge in [-0.2, -0.15) is 0 Å². The van der Waals surface area contributed by atoms with Gasteiger partial charge in [0.05, 0.1) is 19.3 Å². The molecule has 0 fully saturated rings. The molecule has 0 aromatic carbocycles. The molecule has 120 valence electrons. The molecular formula is C12H25NO6S. The quantitative estimate of drug-likeness (QED) is 0.314. The second kappa shape index (κ2) is 9.87. The zero-order valence-electron chi connectivity index (χ0n) is 12.6. The van der Waals surface area contributed by atoms with Gasteiger partial charge < -0.3 is 15.0 Å². The molecule has 3 N–H and O–H groups in total. The zero-order chi connectivity index (χ0) is 16.4. The number of rotatable bonds is 7. The van der Waals surface area contributed by atoms with E-state index in [1.54, 1.807) is 6.92 Å². The fourth-order valence-corrected chi connectivity index (χ4v) is 1.09. The van der Waals surface area contributed by atoms with E-state index in [1.807, 2.05) is 0 Å². The van der Waals surface area contributed by atoms with Gasteiger partial charge in [0.25, 0.3) is 0 Å². The lowest BCUT2D eigenvalue weighted by Gasteiger charge is -2.22. The van der Waals surface area contributed by atoms with Gasteiger partial charge in [0, 0.05) is 12.0 Å². The Morgan fingerprint density at radius 1 is 1.35 bits per heavy atom. The summed E-state index contributed by atoms with van der Waals surface area (Å²) in [5, 5.41) is 0. The number of hydrogen-bond donors (Lipinski definition) is 1. The molecule has 0 atom stereocenters. The van der Waals surface area contributed by atoms with Gasteiger partial charge in [0.15, 0.2) is 0 Å². The highest BCUT2D eigenvalue weighted by atomic mass is 32.3. The third-order valence-corrected chi connectivity index (χ3v) is 3.33. The van der Waals surface area contributed by atoms with Crippen LogP contribution in [0.3, 0.4) is 0 Å². The second-order valence-electron chi connectivity index (χ2n) is 4.45. The van der Waals surface area contributed by atoms with Gasteiger partial charge in [-0.05, 0) is 19.8 Å². The van der Waals surface area contributed by atoms with E-state index in [-0.39, 0.29) is 11.5 Å². The lowest BCUT2D eigenvalue weighted by Crippen LogP contribution is -2.72. The first-order valence-electron chi connectivity index (χ1n) is 6.20. The van der Waals surface area contributed by atoms with Crippen LogP contribution in [-0.2, 0) is 24.1 Å². The Balaban J connectivity index is 0. The van der Waals surface area contributed by atoms with Crippen molar-refractivity contribution in [3.05, 3.63) is 12.2 Å². The Kier molecular flexibility index (Phi) is 10.5. The van der Waals surface area contributed by atoms with Crippen molar-refractivity contribution in [2.24, 2.45) is 0 Å². The van der Waals surface area contributed by atoms with Gasteiger partial charge in [0.2, 0.25) is 10.4 Å². The molecule has 0 bridgehead atoms. The van der Waals surface area contributed by atoms with E-state index < -0.39 is 10.4 Å². The Bertz CT molecular complexity index is 400. The first kappa shape index (κ1) is 21.3. The molecule has 0 radical (unpaired) electrons. The fraction of sp³-hybridized carbons (Fsp3) is 0.750. The van der Waals surface area contributed by atoms with Crippen molar-refractivity contribution in [1.29, 1.82) is 0 Å². The summed E-state index contributed by atoms with van der Waals surface area (Å²) in [5.41, 5.74) is 4.64. The Morgan fingerprint density at radius 3 is 2.00 bits per heavy atom. The molecule has 0 aliphatic rings. The van der Waals surface area contributed by atoms with Gasteiger partial charge in [-0.15, -0.1) is 0 Å². The molecule has 0 saturated carbocycles. The van der Waals surface area contributed by atoms with E-state index in [1.165, 1.54) is 0 Å². The smallest absolute Gasteiger partial charge is 0.333 e. The molecule has 0 unspecified atom stereocenters. The van der Waals surface area contributed by atoms with Crippen molar-refractivity contribution < 1.29 is 32.4 Å². The molecule has 0 rings (SSSR count). The number of quaternary nitrogens is 1. The van der Waals surface area contributed by atoms with E-state index in [2.05, 4.69) is 30.3 Å². The molecule has 0 heterocycles. The number of esters is 1. The monoisotopic (exact) mass is 311 g/mol. The van der Waals surface area contributed by atoms with Crippen LogP contribution in [0.1, 0.15) is 40.0 Å². The number of ether oxygens (including phenoxy) is 1. The predicted octanol–water partition coefficient (Wildman–Crippen LogP) is 0.390. The first-order valence-corrected chi connectivity index (χ1v) is 7.54. The minimum atomic E-state index is -4.41. The van der Waals surface area contributed by atoms with Crippen molar-refractivity contribution in [2.45, 2.75) is 45.6 Å². The van der Waals surface area contributed by atoms with Gasteiger partial charge in [-0.1, -0.05) is 20.4 Å². The number of carbonyl (C=O) groups is 1. The zero-order valence-corrected chi connectivity index (χ0v) is 13.4. The minimum absolute atomic E-state index is 0.0509. The Hall–Kier alpha value is -0.960. The third-order valence-electron chi connectivity index (χ3n) is 2.92. The van der Waals surface area contributed by atoms with Crippen LogP contribution in [0.5, 0.6) is 0 Å². The van der Waals surface area contributed by atoms with Crippen molar-refractivity contribution in [3.8, 4) is 0 Å². The highest BCUT2D eigenvalue weighted by Gasteiger charge is 2.24. The third kappa shape index (κ3) is 12.1. The average molecular weight is 311 g/mol. The van der Waals surface area contributed by atoms with Crippen molar-refractivity contribution >= 4 is 16.4 Å². The second-order valence-corrected chi connectivity index (χ2v) is 5.60. The number of carbonyl (C=O) groups excluding carboxylic acids is 1. The van der Waals surface area contributed by atoms with E-state index in [0.717, 1.165) is 26.4 Å². The first-order chi connectivity index (χ1) is 9.01. The predicted molar refractivity (Wildman–Crippen MR) is 73.3 cm³/mol. The molecular weight excluding hydrogens is 286 g/mol. The summed E-state index contributed by atoms with van der Waals surface area (Å²) < 4.78 is 36.0. The summed E-state index contributed by atoms with van der Waals surface area (Å²) in [5.74, 6) is -0.306.